The number of nitrogens with zero attached hydrogens (tertiary/aromatic N) is 1. The minimum absolute atomic E-state index is 0.0207. The molecule has 1 aromatic heterocycles. The van der Waals surface area contributed by atoms with E-state index < -0.39 is 0 Å². The van der Waals surface area contributed by atoms with Gasteiger partial charge in [-0.15, -0.1) is 6.58 Å². The van der Waals surface area contributed by atoms with Crippen LogP contribution in [-0.4, -0.2) is 18.2 Å². The van der Waals surface area contributed by atoms with Crippen molar-refractivity contribution in [3.63, 3.8) is 0 Å². The lowest BCUT2D eigenvalue weighted by atomic mass is 9.88. The predicted molar refractivity (Wildman–Crippen MR) is 114 cm³/mol. The molecule has 148 valence electrons. The second-order valence-electron chi connectivity index (χ2n) is 7.27. The molecule has 0 spiro atoms. The van der Waals surface area contributed by atoms with E-state index in [2.05, 4.69) is 23.1 Å². The molecule has 2 aromatic carbocycles. The van der Waals surface area contributed by atoms with E-state index in [0.717, 1.165) is 58.0 Å². The van der Waals surface area contributed by atoms with Crippen molar-refractivity contribution in [2.75, 3.05) is 12.4 Å². The van der Waals surface area contributed by atoms with Crippen molar-refractivity contribution in [3.05, 3.63) is 65.7 Å². The number of fused-ring (bicyclic) bond motifs is 3. The lowest BCUT2D eigenvalue weighted by Gasteiger charge is -2.16. The molecular weight excluding hydrogens is 364 g/mol. The number of nitrogens with one attached hydrogen (secondary N) is 1. The summed E-state index contributed by atoms with van der Waals surface area (Å²) in [6.45, 7) is 5.64. The van der Waals surface area contributed by atoms with Crippen LogP contribution in [0.4, 0.5) is 5.69 Å². The summed E-state index contributed by atoms with van der Waals surface area (Å²) in [5.74, 6) is 1.60. The van der Waals surface area contributed by atoms with Crippen molar-refractivity contribution >= 4 is 11.6 Å². The van der Waals surface area contributed by atoms with Crippen molar-refractivity contribution in [2.45, 2.75) is 32.6 Å². The van der Waals surface area contributed by atoms with Gasteiger partial charge >= 0.3 is 0 Å². The number of carbonyl (C=O) groups excluding carboxylic acids is 1. The molecule has 5 nitrogen and oxygen atoms in total. The van der Waals surface area contributed by atoms with Crippen LogP contribution in [0.2, 0.25) is 0 Å². The summed E-state index contributed by atoms with van der Waals surface area (Å²) in [6.07, 6.45) is 4.58. The quantitative estimate of drug-likeness (QED) is 0.580. The first kappa shape index (κ1) is 19.0. The highest BCUT2D eigenvalue weighted by Crippen LogP contribution is 2.40. The Kier molecular flexibility index (Phi) is 5.21. The second-order valence-corrected chi connectivity index (χ2v) is 7.27. The maximum atomic E-state index is 12.1. The Hall–Kier alpha value is -3.34. The van der Waals surface area contributed by atoms with E-state index in [4.69, 9.17) is 9.26 Å². The van der Waals surface area contributed by atoms with Gasteiger partial charge in [0.2, 0.25) is 5.91 Å². The normalized spacial score (nSPS) is 12.1. The molecule has 29 heavy (non-hydrogen) atoms. The van der Waals surface area contributed by atoms with E-state index in [1.807, 2.05) is 37.3 Å². The monoisotopic (exact) mass is 388 g/mol. The highest BCUT2D eigenvalue weighted by atomic mass is 16.5. The molecule has 1 aliphatic carbocycles. The van der Waals surface area contributed by atoms with Crippen molar-refractivity contribution in [3.8, 4) is 28.3 Å². The molecule has 0 fully saturated rings. The number of rotatable bonds is 6. The zero-order valence-electron chi connectivity index (χ0n) is 16.7. The molecule has 0 bridgehead atoms. The lowest BCUT2D eigenvalue weighted by Crippen LogP contribution is -2.11. The third kappa shape index (κ3) is 3.68. The van der Waals surface area contributed by atoms with Crippen LogP contribution in [0.1, 0.15) is 29.5 Å². The van der Waals surface area contributed by atoms with Gasteiger partial charge in [-0.25, -0.2) is 0 Å². The van der Waals surface area contributed by atoms with E-state index >= 15 is 0 Å². The number of carbonyl (C=O) groups is 1. The fourth-order valence-corrected chi connectivity index (χ4v) is 3.72. The summed E-state index contributed by atoms with van der Waals surface area (Å²) in [7, 11) is 1.68. The molecule has 0 unspecified atom stereocenters. The molecular formula is C24H24N2O3. The molecule has 1 N–H and O–H groups in total. The van der Waals surface area contributed by atoms with Gasteiger partial charge in [0.15, 0.2) is 5.76 Å². The molecule has 0 radical (unpaired) electrons. The van der Waals surface area contributed by atoms with Crippen LogP contribution in [-0.2, 0) is 17.6 Å². The minimum Gasteiger partial charge on any atom is -0.497 e. The molecule has 1 amide bonds. The molecule has 1 aliphatic rings. The first-order valence-electron chi connectivity index (χ1n) is 9.78. The fourth-order valence-electron chi connectivity index (χ4n) is 3.72. The zero-order chi connectivity index (χ0) is 20.4. The van der Waals surface area contributed by atoms with Gasteiger partial charge in [0.25, 0.3) is 0 Å². The Labute approximate surface area is 170 Å². The number of methoxy groups -OCH3 is 1. The van der Waals surface area contributed by atoms with E-state index in [0.29, 0.717) is 12.8 Å². The number of benzene rings is 2. The van der Waals surface area contributed by atoms with Crippen LogP contribution in [0.15, 0.2) is 53.6 Å². The first-order valence-corrected chi connectivity index (χ1v) is 9.78. The van der Waals surface area contributed by atoms with Crippen LogP contribution in [0.3, 0.4) is 0 Å². The van der Waals surface area contributed by atoms with Crippen molar-refractivity contribution < 1.29 is 14.1 Å². The largest absolute Gasteiger partial charge is 0.497 e. The van der Waals surface area contributed by atoms with Gasteiger partial charge in [0, 0.05) is 28.8 Å². The van der Waals surface area contributed by atoms with Crippen molar-refractivity contribution in [1.82, 2.24) is 5.16 Å². The predicted octanol–water partition coefficient (Wildman–Crippen LogP) is 5.33. The van der Waals surface area contributed by atoms with E-state index in [1.165, 1.54) is 5.56 Å². The summed E-state index contributed by atoms with van der Waals surface area (Å²) in [5.41, 5.74) is 7.02. The number of ether oxygens (including phenoxy) is 1. The topological polar surface area (TPSA) is 64.4 Å². The van der Waals surface area contributed by atoms with E-state index in [9.17, 15) is 4.79 Å². The Bertz CT molecular complexity index is 1080. The zero-order valence-corrected chi connectivity index (χ0v) is 16.7. The molecule has 0 atom stereocenters. The molecule has 3 aromatic rings. The number of amides is 1. The lowest BCUT2D eigenvalue weighted by molar-refractivity contribution is -0.116. The summed E-state index contributed by atoms with van der Waals surface area (Å²) in [4.78, 5) is 12.1. The van der Waals surface area contributed by atoms with E-state index in [1.54, 1.807) is 13.2 Å². The van der Waals surface area contributed by atoms with Gasteiger partial charge in [-0.2, -0.15) is 0 Å². The van der Waals surface area contributed by atoms with Gasteiger partial charge in [-0.3, -0.25) is 4.79 Å². The highest BCUT2D eigenvalue weighted by Gasteiger charge is 2.25. The van der Waals surface area contributed by atoms with Gasteiger partial charge in [0.1, 0.15) is 11.4 Å². The van der Waals surface area contributed by atoms with Gasteiger partial charge in [0.05, 0.1) is 7.11 Å². The standard InChI is InChI=1S/C24H24N2O3/c1-4-5-6-22(27)25-21-14-17(8-7-15(21)2)24-20-11-9-16-13-18(28-3)10-12-19(16)23(20)26-29-24/h4,7-8,10,12-14H,1,5-6,9,11H2,2-3H3,(H,25,27). The number of aromatic nitrogens is 1. The molecule has 5 heteroatoms. The molecule has 0 saturated heterocycles. The number of hydrogen-bond donors (Lipinski definition) is 1. The first-order chi connectivity index (χ1) is 14.1. The minimum atomic E-state index is -0.0207. The summed E-state index contributed by atoms with van der Waals surface area (Å²) in [6, 6.07) is 12.0. The molecule has 4 rings (SSSR count). The summed E-state index contributed by atoms with van der Waals surface area (Å²) >= 11 is 0. The molecule has 0 aliphatic heterocycles. The number of allylic oxidation sites excluding steroid dienone is 1. The van der Waals surface area contributed by atoms with Crippen LogP contribution in [0, 0.1) is 6.92 Å². The van der Waals surface area contributed by atoms with Crippen molar-refractivity contribution in [2.24, 2.45) is 0 Å². The number of aryl methyl sites for hydroxylation is 2. The third-order valence-electron chi connectivity index (χ3n) is 5.35. The maximum Gasteiger partial charge on any atom is 0.224 e. The smallest absolute Gasteiger partial charge is 0.224 e. The third-order valence-corrected chi connectivity index (χ3v) is 5.35. The fraction of sp³-hybridized carbons (Fsp3) is 0.250. The Balaban J connectivity index is 1.67. The van der Waals surface area contributed by atoms with Gasteiger partial charge in [-0.05, 0) is 61.6 Å². The van der Waals surface area contributed by atoms with Gasteiger partial charge < -0.3 is 14.6 Å². The Morgan fingerprint density at radius 2 is 2.14 bits per heavy atom. The number of hydrogen-bond acceptors (Lipinski definition) is 4. The Morgan fingerprint density at radius 1 is 1.28 bits per heavy atom. The summed E-state index contributed by atoms with van der Waals surface area (Å²) < 4.78 is 11.1. The van der Waals surface area contributed by atoms with Crippen LogP contribution in [0.25, 0.3) is 22.6 Å². The average molecular weight is 388 g/mol. The van der Waals surface area contributed by atoms with Crippen LogP contribution in [0.5, 0.6) is 5.75 Å². The number of anilines is 1. The second kappa shape index (κ2) is 7.95. The van der Waals surface area contributed by atoms with Crippen LogP contribution < -0.4 is 10.1 Å². The average Bonchev–Trinajstić information content (AvgIpc) is 3.18. The SMILES string of the molecule is C=CCCC(=O)Nc1cc(-c2onc3c2CCc2cc(OC)ccc2-3)ccc1C. The highest BCUT2D eigenvalue weighted by molar-refractivity contribution is 5.92. The Morgan fingerprint density at radius 3 is 2.93 bits per heavy atom. The molecule has 0 saturated carbocycles. The molecule has 1 heterocycles. The van der Waals surface area contributed by atoms with Crippen LogP contribution >= 0.6 is 0 Å². The maximum absolute atomic E-state index is 12.1. The van der Waals surface area contributed by atoms with Gasteiger partial charge in [-0.1, -0.05) is 23.4 Å². The summed E-state index contributed by atoms with van der Waals surface area (Å²) in [5, 5.41) is 7.36. The van der Waals surface area contributed by atoms with Crippen molar-refractivity contribution in [1.29, 1.82) is 0 Å². The van der Waals surface area contributed by atoms with E-state index in [-0.39, 0.29) is 5.91 Å².